The fourth-order valence-electron chi connectivity index (χ4n) is 1.37. The van der Waals surface area contributed by atoms with Crippen molar-refractivity contribution < 1.29 is 34.7 Å². The van der Waals surface area contributed by atoms with E-state index >= 15 is 0 Å². The van der Waals surface area contributed by atoms with Crippen molar-refractivity contribution in [2.75, 3.05) is 11.7 Å². The van der Waals surface area contributed by atoms with E-state index in [1.54, 1.807) is 0 Å². The van der Waals surface area contributed by atoms with Crippen LogP contribution in [0.25, 0.3) is 0 Å². The van der Waals surface area contributed by atoms with Crippen molar-refractivity contribution in [1.82, 2.24) is 0 Å². The van der Waals surface area contributed by atoms with Gasteiger partial charge in [-0.3, -0.25) is 8.37 Å². The number of terminal acetylenes is 1. The molecule has 1 saturated heterocycles. The predicted molar refractivity (Wildman–Crippen MR) is 62.5 cm³/mol. The van der Waals surface area contributed by atoms with Crippen LogP contribution in [0, 0.1) is 12.3 Å². The van der Waals surface area contributed by atoms with E-state index in [0.29, 0.717) is 0 Å². The molecule has 0 aromatic rings. The molecular weight excluding hydrogens is 300 g/mol. The number of carbonyl (C=O) groups excluding carboxylic acids is 1. The van der Waals surface area contributed by atoms with Gasteiger partial charge in [0.05, 0.1) is 0 Å². The van der Waals surface area contributed by atoms with Gasteiger partial charge in [0.2, 0.25) is 11.2 Å². The lowest BCUT2D eigenvalue weighted by Crippen LogP contribution is -2.46. The fourth-order valence-corrected chi connectivity index (χ4v) is 4.55. The number of rotatable bonds is 2. The number of esters is 1. The van der Waals surface area contributed by atoms with Crippen LogP contribution < -0.4 is 0 Å². The van der Waals surface area contributed by atoms with Crippen LogP contribution in [-0.2, 0) is 38.1 Å². The van der Waals surface area contributed by atoms with Crippen molar-refractivity contribution in [3.63, 3.8) is 0 Å². The standard InChI is InChI=1S/C9H12O8S2/c1-4-5-15-8(10)7-9(2,3)17-19(13,14)6-18(11,12)16-7/h1,7H,5-6H2,2-3H3. The van der Waals surface area contributed by atoms with E-state index < -0.39 is 49.6 Å². The maximum atomic E-state index is 11.6. The molecule has 0 bridgehead atoms. The Morgan fingerprint density at radius 3 is 2.47 bits per heavy atom. The molecule has 1 aliphatic rings. The first kappa shape index (κ1) is 15.9. The van der Waals surface area contributed by atoms with E-state index in [-0.39, 0.29) is 0 Å². The van der Waals surface area contributed by atoms with E-state index in [9.17, 15) is 21.6 Å². The first-order valence-corrected chi connectivity index (χ1v) is 8.09. The van der Waals surface area contributed by atoms with Crippen LogP contribution in [0.5, 0.6) is 0 Å². The maximum Gasteiger partial charge on any atom is 0.340 e. The Kier molecular flexibility index (Phi) is 4.26. The molecule has 1 aliphatic heterocycles. The minimum absolute atomic E-state index is 0.401. The van der Waals surface area contributed by atoms with Crippen molar-refractivity contribution in [3.05, 3.63) is 0 Å². The Hall–Kier alpha value is -1.15. The lowest BCUT2D eigenvalue weighted by molar-refractivity contribution is -0.158. The topological polar surface area (TPSA) is 113 Å². The van der Waals surface area contributed by atoms with Crippen LogP contribution in [0.2, 0.25) is 0 Å². The van der Waals surface area contributed by atoms with Gasteiger partial charge in [0.15, 0.2) is 6.61 Å². The molecule has 0 N–H and O–H groups in total. The van der Waals surface area contributed by atoms with Crippen molar-refractivity contribution in [3.8, 4) is 12.3 Å². The van der Waals surface area contributed by atoms with E-state index in [1.165, 1.54) is 13.8 Å². The molecule has 1 rings (SSSR count). The molecule has 10 heteroatoms. The molecule has 0 aromatic heterocycles. The number of ether oxygens (including phenoxy) is 1. The Labute approximate surface area is 111 Å². The summed E-state index contributed by atoms with van der Waals surface area (Å²) in [6, 6.07) is 0. The summed E-state index contributed by atoms with van der Waals surface area (Å²) in [6.07, 6.45) is 3.13. The minimum Gasteiger partial charge on any atom is -0.450 e. The Morgan fingerprint density at radius 1 is 1.37 bits per heavy atom. The third-order valence-corrected chi connectivity index (χ3v) is 5.50. The maximum absolute atomic E-state index is 11.6. The summed E-state index contributed by atoms with van der Waals surface area (Å²) in [6.45, 7) is 1.97. The average Bonchev–Trinajstić information content (AvgIpc) is 2.24. The third kappa shape index (κ3) is 4.17. The summed E-state index contributed by atoms with van der Waals surface area (Å²) < 4.78 is 59.4. The van der Waals surface area contributed by atoms with E-state index in [2.05, 4.69) is 13.1 Å². The molecule has 108 valence electrons. The van der Waals surface area contributed by atoms with Crippen LogP contribution in [0.3, 0.4) is 0 Å². The van der Waals surface area contributed by atoms with Crippen LogP contribution in [0.4, 0.5) is 0 Å². The van der Waals surface area contributed by atoms with Gasteiger partial charge in [0.25, 0.3) is 20.2 Å². The Bertz CT molecular complexity index is 607. The molecule has 0 aliphatic carbocycles. The highest BCUT2D eigenvalue weighted by molar-refractivity contribution is 8.03. The van der Waals surface area contributed by atoms with Crippen LogP contribution in [0.1, 0.15) is 13.8 Å². The van der Waals surface area contributed by atoms with E-state index in [0.717, 1.165) is 0 Å². The molecule has 0 aromatic carbocycles. The second-order valence-corrected chi connectivity index (χ2v) is 7.74. The smallest absolute Gasteiger partial charge is 0.340 e. The molecule has 0 radical (unpaired) electrons. The largest absolute Gasteiger partial charge is 0.450 e. The van der Waals surface area contributed by atoms with Crippen LogP contribution in [0.15, 0.2) is 0 Å². The monoisotopic (exact) mass is 312 g/mol. The molecule has 0 amide bonds. The minimum atomic E-state index is -4.48. The SMILES string of the molecule is C#CCOC(=O)C1OS(=O)(=O)CS(=O)(=O)OC1(C)C. The molecule has 19 heavy (non-hydrogen) atoms. The average molecular weight is 312 g/mol. The van der Waals surface area contributed by atoms with Gasteiger partial charge in [-0.2, -0.15) is 16.8 Å². The van der Waals surface area contributed by atoms with Gasteiger partial charge in [-0.1, -0.05) is 5.92 Å². The van der Waals surface area contributed by atoms with Crippen molar-refractivity contribution in [2.24, 2.45) is 0 Å². The summed E-state index contributed by atoms with van der Waals surface area (Å²) in [5, 5.41) is -1.37. The number of carbonyl (C=O) groups is 1. The van der Waals surface area contributed by atoms with E-state index in [4.69, 9.17) is 6.42 Å². The Balaban J connectivity index is 3.16. The quantitative estimate of drug-likeness (QED) is 0.361. The van der Waals surface area contributed by atoms with Gasteiger partial charge >= 0.3 is 5.97 Å². The number of hydrogen-bond donors (Lipinski definition) is 0. The summed E-state index contributed by atoms with van der Waals surface area (Å²) in [5.41, 5.74) is -1.74. The lowest BCUT2D eigenvalue weighted by Gasteiger charge is -2.27. The highest BCUT2D eigenvalue weighted by Gasteiger charge is 2.49. The summed E-state index contributed by atoms with van der Waals surface area (Å²) in [5.74, 6) is 0.889. The Morgan fingerprint density at radius 2 is 1.95 bits per heavy atom. The van der Waals surface area contributed by atoms with Crippen molar-refractivity contribution >= 4 is 26.2 Å². The van der Waals surface area contributed by atoms with Crippen molar-refractivity contribution in [1.29, 1.82) is 0 Å². The molecular formula is C9H12O8S2. The third-order valence-electron chi connectivity index (χ3n) is 2.02. The second kappa shape index (κ2) is 5.09. The molecule has 1 fully saturated rings. The lowest BCUT2D eigenvalue weighted by atomic mass is 10.0. The zero-order chi connectivity index (χ0) is 14.9. The van der Waals surface area contributed by atoms with Gasteiger partial charge < -0.3 is 4.74 Å². The fraction of sp³-hybridized carbons (Fsp3) is 0.667. The predicted octanol–water partition coefficient (Wildman–Crippen LogP) is -1.03. The molecule has 8 nitrogen and oxygen atoms in total. The summed E-state index contributed by atoms with van der Waals surface area (Å²) in [4.78, 5) is 11.6. The summed E-state index contributed by atoms with van der Waals surface area (Å²) in [7, 11) is -8.87. The molecule has 0 saturated carbocycles. The second-order valence-electron chi connectivity index (χ2n) is 4.21. The molecule has 0 spiro atoms. The van der Waals surface area contributed by atoms with Gasteiger partial charge in [-0.05, 0) is 13.8 Å². The van der Waals surface area contributed by atoms with Gasteiger partial charge in [0.1, 0.15) is 5.60 Å². The zero-order valence-corrected chi connectivity index (χ0v) is 11.8. The number of hydrogen-bond acceptors (Lipinski definition) is 8. The van der Waals surface area contributed by atoms with Gasteiger partial charge in [-0.15, -0.1) is 6.42 Å². The zero-order valence-electron chi connectivity index (χ0n) is 10.2. The molecule has 1 heterocycles. The molecule has 1 unspecified atom stereocenters. The van der Waals surface area contributed by atoms with Crippen LogP contribution >= 0.6 is 0 Å². The summed E-state index contributed by atoms with van der Waals surface area (Å²) >= 11 is 0. The van der Waals surface area contributed by atoms with Gasteiger partial charge in [-0.25, -0.2) is 4.79 Å². The highest BCUT2D eigenvalue weighted by Crippen LogP contribution is 2.28. The normalized spacial score (nSPS) is 27.7. The van der Waals surface area contributed by atoms with Crippen LogP contribution in [-0.4, -0.2) is 46.2 Å². The highest BCUT2D eigenvalue weighted by atomic mass is 32.3. The first-order chi connectivity index (χ1) is 8.49. The first-order valence-electron chi connectivity index (χ1n) is 4.93. The van der Waals surface area contributed by atoms with E-state index in [1.807, 2.05) is 5.92 Å². The molecule has 1 atom stereocenters. The van der Waals surface area contributed by atoms with Gasteiger partial charge in [0, 0.05) is 0 Å². The van der Waals surface area contributed by atoms with Crippen molar-refractivity contribution in [2.45, 2.75) is 25.6 Å².